The van der Waals surface area contributed by atoms with Crippen molar-refractivity contribution < 1.29 is 4.79 Å². The van der Waals surface area contributed by atoms with E-state index in [1.807, 2.05) is 39.8 Å². The lowest BCUT2D eigenvalue weighted by Crippen LogP contribution is -2.37. The molecular formula is C26H27N7O2. The smallest absolute Gasteiger partial charge is 0.327 e. The van der Waals surface area contributed by atoms with Gasteiger partial charge in [-0.15, -0.1) is 0 Å². The molecule has 0 bridgehead atoms. The fourth-order valence-electron chi connectivity index (χ4n) is 5.49. The minimum absolute atomic E-state index is 0.0896. The molecular weight excluding hydrogens is 442 g/mol. The Hall–Kier alpha value is -4.01. The zero-order valence-electron chi connectivity index (χ0n) is 19.6. The van der Waals surface area contributed by atoms with Crippen LogP contribution in [-0.4, -0.2) is 50.0 Å². The van der Waals surface area contributed by atoms with Crippen molar-refractivity contribution in [3.8, 4) is 0 Å². The Morgan fingerprint density at radius 2 is 1.91 bits per heavy atom. The minimum Gasteiger partial charge on any atom is -0.356 e. The van der Waals surface area contributed by atoms with Crippen LogP contribution in [0.4, 0.5) is 11.5 Å². The van der Waals surface area contributed by atoms with Crippen molar-refractivity contribution in [2.75, 3.05) is 29.4 Å². The van der Waals surface area contributed by atoms with Crippen molar-refractivity contribution in [1.82, 2.24) is 24.5 Å². The van der Waals surface area contributed by atoms with Gasteiger partial charge in [0.2, 0.25) is 0 Å². The lowest BCUT2D eigenvalue weighted by atomic mass is 9.99. The monoisotopic (exact) mass is 469 g/mol. The molecule has 6 rings (SSSR count). The average molecular weight is 470 g/mol. The first-order valence-electron chi connectivity index (χ1n) is 12.2. The Morgan fingerprint density at radius 3 is 2.74 bits per heavy atom. The lowest BCUT2D eigenvalue weighted by molar-refractivity contribution is 0.0983. The van der Waals surface area contributed by atoms with Gasteiger partial charge in [0.25, 0.3) is 5.91 Å². The number of aromatic amines is 1. The second-order valence-electron chi connectivity index (χ2n) is 9.23. The molecule has 1 atom stereocenters. The van der Waals surface area contributed by atoms with Gasteiger partial charge in [-0.05, 0) is 43.0 Å². The molecule has 2 aliphatic heterocycles. The van der Waals surface area contributed by atoms with Gasteiger partial charge in [0, 0.05) is 49.5 Å². The van der Waals surface area contributed by atoms with Crippen molar-refractivity contribution in [1.29, 1.82) is 0 Å². The number of carbonyl (C=O) groups is 1. The van der Waals surface area contributed by atoms with Crippen LogP contribution in [0.25, 0.3) is 11.2 Å². The molecule has 1 aromatic carbocycles. The number of fused-ring (bicyclic) bond motifs is 2. The van der Waals surface area contributed by atoms with Crippen LogP contribution in [0, 0.1) is 0 Å². The van der Waals surface area contributed by atoms with E-state index in [-0.39, 0.29) is 17.6 Å². The van der Waals surface area contributed by atoms with E-state index in [1.165, 1.54) is 11.9 Å². The molecule has 4 aromatic rings. The highest BCUT2D eigenvalue weighted by molar-refractivity contribution is 6.06. The van der Waals surface area contributed by atoms with Crippen LogP contribution in [0.2, 0.25) is 0 Å². The van der Waals surface area contributed by atoms with E-state index in [2.05, 4.69) is 37.8 Å². The third-order valence-electron chi connectivity index (χ3n) is 7.32. The van der Waals surface area contributed by atoms with Crippen molar-refractivity contribution in [3.05, 3.63) is 76.7 Å². The van der Waals surface area contributed by atoms with E-state index in [9.17, 15) is 9.59 Å². The first-order chi connectivity index (χ1) is 17.1. The second kappa shape index (κ2) is 8.65. The Bertz CT molecular complexity index is 1450. The molecule has 3 aromatic heterocycles. The van der Waals surface area contributed by atoms with Gasteiger partial charge in [-0.25, -0.2) is 19.7 Å². The Balaban J connectivity index is 1.20. The number of piperidine rings is 1. The number of benzene rings is 1. The molecule has 0 aliphatic carbocycles. The highest BCUT2D eigenvalue weighted by atomic mass is 16.2. The summed E-state index contributed by atoms with van der Waals surface area (Å²) in [5, 5.41) is 0. The van der Waals surface area contributed by atoms with Gasteiger partial charge in [-0.2, -0.15) is 0 Å². The molecule has 5 heterocycles. The molecule has 35 heavy (non-hydrogen) atoms. The summed E-state index contributed by atoms with van der Waals surface area (Å²) in [6.07, 6.45) is 5.74. The van der Waals surface area contributed by atoms with Gasteiger partial charge < -0.3 is 9.80 Å². The van der Waals surface area contributed by atoms with Gasteiger partial charge in [0.1, 0.15) is 17.8 Å². The first-order valence-corrected chi connectivity index (χ1v) is 12.2. The molecule has 1 saturated heterocycles. The number of aromatic nitrogens is 5. The molecule has 0 saturated carbocycles. The van der Waals surface area contributed by atoms with E-state index in [1.54, 1.807) is 12.3 Å². The molecule has 1 fully saturated rings. The highest BCUT2D eigenvalue weighted by Gasteiger charge is 2.32. The number of hydrogen-bond donors (Lipinski definition) is 1. The summed E-state index contributed by atoms with van der Waals surface area (Å²) < 4.78 is 1.82. The molecule has 9 nitrogen and oxygen atoms in total. The van der Waals surface area contributed by atoms with Crippen LogP contribution < -0.4 is 15.5 Å². The predicted octanol–water partition coefficient (Wildman–Crippen LogP) is 3.51. The number of nitrogens with zero attached hydrogens (tertiary/aromatic N) is 6. The van der Waals surface area contributed by atoms with Crippen LogP contribution in [0.3, 0.4) is 0 Å². The molecule has 9 heteroatoms. The third-order valence-corrected chi connectivity index (χ3v) is 7.32. The van der Waals surface area contributed by atoms with Crippen LogP contribution in [-0.2, 0) is 0 Å². The number of carbonyl (C=O) groups excluding carboxylic acids is 1. The van der Waals surface area contributed by atoms with E-state index < -0.39 is 0 Å². The fraction of sp³-hybridized carbons (Fsp3) is 0.346. The summed E-state index contributed by atoms with van der Waals surface area (Å²) in [5.41, 5.74) is 3.94. The first kappa shape index (κ1) is 21.5. The van der Waals surface area contributed by atoms with Crippen LogP contribution in [0.1, 0.15) is 54.2 Å². The third kappa shape index (κ3) is 3.67. The number of pyridine rings is 1. The maximum absolute atomic E-state index is 13.4. The Labute approximate surface area is 202 Å². The van der Waals surface area contributed by atoms with Gasteiger partial charge in [-0.3, -0.25) is 14.3 Å². The number of nitrogens with one attached hydrogen (secondary N) is 1. The molecule has 2 aliphatic rings. The number of rotatable bonds is 4. The minimum atomic E-state index is -0.122. The SMILES string of the molecule is CCC1CN(C(=O)c2cc(N3CCC(n4c(=O)[nH]c5ncccc54)CC3)ncn2)c2ccccc21. The largest absolute Gasteiger partial charge is 0.356 e. The standard InChI is InChI=1S/C26H27N7O2/c1-2-17-15-32(21-7-4-3-6-19(17)21)25(34)20-14-23(29-16-28-20)31-12-9-18(10-13-31)33-22-8-5-11-27-24(22)30-26(33)35/h3-8,11,14,16-18H,2,9-10,12-13,15H2,1H3,(H,27,30,35). The normalized spacial score (nSPS) is 18.3. The molecule has 178 valence electrons. The Morgan fingerprint density at radius 1 is 1.09 bits per heavy atom. The summed E-state index contributed by atoms with van der Waals surface area (Å²) >= 11 is 0. The van der Waals surface area contributed by atoms with E-state index in [4.69, 9.17) is 0 Å². The maximum atomic E-state index is 13.4. The zero-order chi connectivity index (χ0) is 23.9. The van der Waals surface area contributed by atoms with Gasteiger partial charge >= 0.3 is 5.69 Å². The lowest BCUT2D eigenvalue weighted by Gasteiger charge is -2.33. The summed E-state index contributed by atoms with van der Waals surface area (Å²) in [5.74, 6) is 0.998. The van der Waals surface area contributed by atoms with Crippen molar-refractivity contribution in [3.63, 3.8) is 0 Å². The van der Waals surface area contributed by atoms with Crippen LogP contribution >= 0.6 is 0 Å². The van der Waals surface area contributed by atoms with Crippen LogP contribution in [0.5, 0.6) is 0 Å². The topological polar surface area (TPSA) is 100 Å². The molecule has 1 N–H and O–H groups in total. The molecule has 1 amide bonds. The van der Waals surface area contributed by atoms with Crippen molar-refractivity contribution >= 4 is 28.6 Å². The second-order valence-corrected chi connectivity index (χ2v) is 9.23. The van der Waals surface area contributed by atoms with Crippen molar-refractivity contribution in [2.24, 2.45) is 0 Å². The molecule has 0 radical (unpaired) electrons. The number of amides is 1. The predicted molar refractivity (Wildman–Crippen MR) is 134 cm³/mol. The molecule has 1 unspecified atom stereocenters. The quantitative estimate of drug-likeness (QED) is 0.491. The zero-order valence-corrected chi connectivity index (χ0v) is 19.6. The fourth-order valence-corrected chi connectivity index (χ4v) is 5.49. The summed E-state index contributed by atoms with van der Waals surface area (Å²) in [6.45, 7) is 4.30. The van der Waals surface area contributed by atoms with Crippen molar-refractivity contribution in [2.45, 2.75) is 38.1 Å². The average Bonchev–Trinajstić information content (AvgIpc) is 3.45. The van der Waals surface area contributed by atoms with Gasteiger partial charge in [-0.1, -0.05) is 25.1 Å². The molecule has 0 spiro atoms. The number of anilines is 2. The highest BCUT2D eigenvalue weighted by Crippen LogP contribution is 2.38. The van der Waals surface area contributed by atoms with E-state index >= 15 is 0 Å². The number of H-pyrrole nitrogens is 1. The summed E-state index contributed by atoms with van der Waals surface area (Å²) in [7, 11) is 0. The summed E-state index contributed by atoms with van der Waals surface area (Å²) in [6, 6.07) is 13.8. The maximum Gasteiger partial charge on any atom is 0.327 e. The number of para-hydroxylation sites is 1. The van der Waals surface area contributed by atoms with Gasteiger partial charge in [0.05, 0.1) is 5.52 Å². The van der Waals surface area contributed by atoms with Crippen LogP contribution in [0.15, 0.2) is 59.8 Å². The Kier molecular flexibility index (Phi) is 5.32. The summed E-state index contributed by atoms with van der Waals surface area (Å²) in [4.78, 5) is 45.9. The van der Waals surface area contributed by atoms with E-state index in [0.29, 0.717) is 23.8 Å². The number of hydrogen-bond acceptors (Lipinski definition) is 6. The van der Waals surface area contributed by atoms with E-state index in [0.717, 1.165) is 49.4 Å². The van der Waals surface area contributed by atoms with Gasteiger partial charge in [0.15, 0.2) is 5.65 Å². The number of imidazole rings is 1.